The number of anilines is 1. The fourth-order valence-corrected chi connectivity index (χ4v) is 3.59. The van der Waals surface area contributed by atoms with Crippen LogP contribution in [0, 0.1) is 20.8 Å². The first-order valence-electron chi connectivity index (χ1n) is 9.99. The number of rotatable bonds is 7. The molecule has 0 radical (unpaired) electrons. The van der Waals surface area contributed by atoms with Crippen molar-refractivity contribution < 1.29 is 18.7 Å². The van der Waals surface area contributed by atoms with E-state index in [0.717, 1.165) is 26.9 Å². The normalized spacial score (nSPS) is 10.7. The van der Waals surface area contributed by atoms with Crippen LogP contribution < -0.4 is 5.32 Å². The number of carbonyl (C=O) groups excluding carboxylic acids is 2. The standard InChI is InChI=1S/C23H26BrN3O4/c1-5-30-22(28)21-15(3)19(16(4)25-21)13-27(12-18-7-6-10-31-18)23(29)26-17-8-9-20(24)14(2)11-17/h6-11,25H,5,12-13H2,1-4H3,(H,26,29). The summed E-state index contributed by atoms with van der Waals surface area (Å²) in [6.45, 7) is 8.35. The second-order valence-corrected chi connectivity index (χ2v) is 8.13. The number of aromatic nitrogens is 1. The fourth-order valence-electron chi connectivity index (χ4n) is 3.34. The van der Waals surface area contributed by atoms with Gasteiger partial charge in [0.1, 0.15) is 11.5 Å². The minimum absolute atomic E-state index is 0.268. The maximum absolute atomic E-state index is 13.2. The highest BCUT2D eigenvalue weighted by Crippen LogP contribution is 2.24. The minimum Gasteiger partial charge on any atom is -0.467 e. The van der Waals surface area contributed by atoms with Crippen LogP contribution in [0.15, 0.2) is 45.5 Å². The van der Waals surface area contributed by atoms with E-state index in [-0.39, 0.29) is 12.6 Å². The van der Waals surface area contributed by atoms with E-state index >= 15 is 0 Å². The lowest BCUT2D eigenvalue weighted by Gasteiger charge is -2.23. The largest absolute Gasteiger partial charge is 0.467 e. The molecular formula is C23H26BrN3O4. The first-order chi connectivity index (χ1) is 14.8. The third-order valence-electron chi connectivity index (χ3n) is 5.04. The summed E-state index contributed by atoms with van der Waals surface area (Å²) in [6, 6.07) is 8.98. The predicted octanol–water partition coefficient (Wildman–Crippen LogP) is 5.71. The van der Waals surface area contributed by atoms with Crippen molar-refractivity contribution in [3.05, 3.63) is 74.9 Å². The zero-order valence-electron chi connectivity index (χ0n) is 18.0. The number of ether oxygens (including phenoxy) is 1. The van der Waals surface area contributed by atoms with Gasteiger partial charge >= 0.3 is 12.0 Å². The Morgan fingerprint density at radius 1 is 1.19 bits per heavy atom. The lowest BCUT2D eigenvalue weighted by atomic mass is 10.1. The predicted molar refractivity (Wildman–Crippen MR) is 122 cm³/mol. The van der Waals surface area contributed by atoms with Gasteiger partial charge in [-0.1, -0.05) is 15.9 Å². The number of hydrogen-bond acceptors (Lipinski definition) is 4. The lowest BCUT2D eigenvalue weighted by Crippen LogP contribution is -2.34. The van der Waals surface area contributed by atoms with Crippen LogP contribution in [0.1, 0.15) is 45.6 Å². The topological polar surface area (TPSA) is 87.6 Å². The smallest absolute Gasteiger partial charge is 0.355 e. The number of hydrogen-bond donors (Lipinski definition) is 2. The number of benzene rings is 1. The molecule has 0 atom stereocenters. The van der Waals surface area contributed by atoms with E-state index in [4.69, 9.17) is 9.15 Å². The number of aromatic amines is 1. The molecule has 0 bridgehead atoms. The van der Waals surface area contributed by atoms with E-state index in [2.05, 4.69) is 26.2 Å². The highest BCUT2D eigenvalue weighted by atomic mass is 79.9. The van der Waals surface area contributed by atoms with Crippen LogP contribution in [0.2, 0.25) is 0 Å². The van der Waals surface area contributed by atoms with E-state index in [1.54, 1.807) is 24.2 Å². The van der Waals surface area contributed by atoms with Gasteiger partial charge in [-0.15, -0.1) is 0 Å². The Morgan fingerprint density at radius 2 is 1.97 bits per heavy atom. The SMILES string of the molecule is CCOC(=O)c1[nH]c(C)c(CN(Cc2ccco2)C(=O)Nc2ccc(Br)c(C)c2)c1C. The Morgan fingerprint density at radius 3 is 2.61 bits per heavy atom. The van der Waals surface area contributed by atoms with E-state index in [1.165, 1.54) is 0 Å². The first-order valence-corrected chi connectivity index (χ1v) is 10.8. The van der Waals surface area contributed by atoms with E-state index in [0.29, 0.717) is 30.3 Å². The molecule has 3 rings (SSSR count). The van der Waals surface area contributed by atoms with Gasteiger partial charge in [0.05, 0.1) is 19.4 Å². The molecule has 2 aromatic heterocycles. The molecule has 0 fully saturated rings. The number of halogens is 1. The number of aryl methyl sites for hydroxylation is 2. The molecule has 0 saturated heterocycles. The minimum atomic E-state index is -0.401. The number of amides is 2. The van der Waals surface area contributed by atoms with Crippen LogP contribution in [0.4, 0.5) is 10.5 Å². The quantitative estimate of drug-likeness (QED) is 0.418. The summed E-state index contributed by atoms with van der Waals surface area (Å²) in [7, 11) is 0. The van der Waals surface area contributed by atoms with Crippen molar-refractivity contribution in [3.8, 4) is 0 Å². The first kappa shape index (κ1) is 22.7. The number of furan rings is 1. The maximum atomic E-state index is 13.2. The summed E-state index contributed by atoms with van der Waals surface area (Å²) < 4.78 is 11.6. The Hall–Kier alpha value is -3.00. The van der Waals surface area contributed by atoms with Crippen LogP contribution in [-0.2, 0) is 17.8 Å². The molecule has 8 heteroatoms. The second kappa shape index (κ2) is 9.87. The third-order valence-corrected chi connectivity index (χ3v) is 5.93. The van der Waals surface area contributed by atoms with Gasteiger partial charge in [-0.2, -0.15) is 0 Å². The molecule has 1 aromatic carbocycles. The molecule has 0 unspecified atom stereocenters. The number of esters is 1. The van der Waals surface area contributed by atoms with Crippen LogP contribution in [0.5, 0.6) is 0 Å². The van der Waals surface area contributed by atoms with Gasteiger partial charge in [-0.3, -0.25) is 0 Å². The molecule has 0 aliphatic rings. The van der Waals surface area contributed by atoms with Crippen molar-refractivity contribution in [2.75, 3.05) is 11.9 Å². The summed E-state index contributed by atoms with van der Waals surface area (Å²) in [5, 5.41) is 2.95. The van der Waals surface area contributed by atoms with Crippen molar-refractivity contribution in [1.82, 2.24) is 9.88 Å². The van der Waals surface area contributed by atoms with Crippen molar-refractivity contribution in [3.63, 3.8) is 0 Å². The Balaban J connectivity index is 1.86. The average molecular weight is 488 g/mol. The Labute approximate surface area is 189 Å². The van der Waals surface area contributed by atoms with E-state index in [9.17, 15) is 9.59 Å². The molecule has 2 heterocycles. The van der Waals surface area contributed by atoms with Crippen LogP contribution in [0.25, 0.3) is 0 Å². The molecule has 7 nitrogen and oxygen atoms in total. The fraction of sp³-hybridized carbons (Fsp3) is 0.304. The number of nitrogens with one attached hydrogen (secondary N) is 2. The molecule has 3 aromatic rings. The molecular weight excluding hydrogens is 462 g/mol. The molecule has 0 saturated carbocycles. The van der Waals surface area contributed by atoms with E-state index < -0.39 is 5.97 Å². The maximum Gasteiger partial charge on any atom is 0.355 e. The summed E-state index contributed by atoms with van der Waals surface area (Å²) in [6.07, 6.45) is 1.58. The van der Waals surface area contributed by atoms with Gasteiger partial charge in [0.2, 0.25) is 0 Å². The van der Waals surface area contributed by atoms with Gasteiger partial charge in [-0.05, 0) is 74.7 Å². The Bertz CT molecular complexity index is 1070. The van der Waals surface area contributed by atoms with Gasteiger partial charge in [-0.25, -0.2) is 9.59 Å². The van der Waals surface area contributed by atoms with Crippen LogP contribution in [0.3, 0.4) is 0 Å². The zero-order valence-corrected chi connectivity index (χ0v) is 19.6. The molecule has 164 valence electrons. The third kappa shape index (κ3) is 5.38. The number of nitrogens with zero attached hydrogens (tertiary/aromatic N) is 1. The number of carbonyl (C=O) groups is 2. The summed E-state index contributed by atoms with van der Waals surface area (Å²) in [5.41, 5.74) is 4.59. The Kier molecular flexibility index (Phi) is 7.22. The van der Waals surface area contributed by atoms with Gasteiger partial charge in [0, 0.05) is 22.4 Å². The molecule has 2 N–H and O–H groups in total. The highest BCUT2D eigenvalue weighted by molar-refractivity contribution is 9.10. The molecule has 0 spiro atoms. The van der Waals surface area contributed by atoms with Crippen molar-refractivity contribution in [2.24, 2.45) is 0 Å². The second-order valence-electron chi connectivity index (χ2n) is 7.28. The highest BCUT2D eigenvalue weighted by Gasteiger charge is 2.23. The lowest BCUT2D eigenvalue weighted by molar-refractivity contribution is 0.0519. The average Bonchev–Trinajstić information content (AvgIpc) is 3.33. The van der Waals surface area contributed by atoms with E-state index in [1.807, 2.05) is 45.0 Å². The van der Waals surface area contributed by atoms with Crippen molar-refractivity contribution in [1.29, 1.82) is 0 Å². The monoisotopic (exact) mass is 487 g/mol. The zero-order chi connectivity index (χ0) is 22.5. The molecule has 31 heavy (non-hydrogen) atoms. The van der Waals surface area contributed by atoms with Crippen molar-refractivity contribution >= 4 is 33.6 Å². The molecule has 0 aliphatic carbocycles. The van der Waals surface area contributed by atoms with Crippen molar-refractivity contribution in [2.45, 2.75) is 40.8 Å². The van der Waals surface area contributed by atoms with Crippen LogP contribution >= 0.6 is 15.9 Å². The summed E-state index contributed by atoms with van der Waals surface area (Å²) >= 11 is 3.47. The summed E-state index contributed by atoms with van der Waals surface area (Å²) in [4.78, 5) is 30.2. The molecule has 0 aliphatic heterocycles. The van der Waals surface area contributed by atoms with Crippen LogP contribution in [-0.4, -0.2) is 28.5 Å². The summed E-state index contributed by atoms with van der Waals surface area (Å²) in [5.74, 6) is 0.264. The number of urea groups is 1. The van der Waals surface area contributed by atoms with Gasteiger partial charge in [0.15, 0.2) is 0 Å². The van der Waals surface area contributed by atoms with Gasteiger partial charge < -0.3 is 24.4 Å². The molecule has 2 amide bonds. The number of H-pyrrole nitrogens is 1. The van der Waals surface area contributed by atoms with Gasteiger partial charge in [0.25, 0.3) is 0 Å².